The van der Waals surface area contributed by atoms with Crippen LogP contribution in [0.2, 0.25) is 0 Å². The van der Waals surface area contributed by atoms with Crippen molar-refractivity contribution in [3.05, 3.63) is 48.3 Å². The predicted molar refractivity (Wildman–Crippen MR) is 71.2 cm³/mol. The first kappa shape index (κ1) is 13.7. The first-order chi connectivity index (χ1) is 9.13. The largest absolute Gasteiger partial charge is 0.381 e. The SMILES string of the molecule is C=CC(=O)NC1(Cc2cccc(F)c2)CCOCC1. The van der Waals surface area contributed by atoms with Crippen LogP contribution in [0.5, 0.6) is 0 Å². The maximum atomic E-state index is 13.2. The van der Waals surface area contributed by atoms with Crippen molar-refractivity contribution in [3.8, 4) is 0 Å². The minimum atomic E-state index is -0.364. The lowest BCUT2D eigenvalue weighted by atomic mass is 9.83. The Bertz CT molecular complexity index is 467. The number of ether oxygens (including phenoxy) is 1. The van der Waals surface area contributed by atoms with Gasteiger partial charge in [0, 0.05) is 18.8 Å². The molecule has 0 aromatic heterocycles. The molecule has 0 aliphatic carbocycles. The first-order valence-corrected chi connectivity index (χ1v) is 6.40. The fraction of sp³-hybridized carbons (Fsp3) is 0.400. The van der Waals surface area contributed by atoms with Crippen LogP contribution in [-0.4, -0.2) is 24.7 Å². The van der Waals surface area contributed by atoms with Crippen LogP contribution in [0.4, 0.5) is 4.39 Å². The molecule has 1 heterocycles. The van der Waals surface area contributed by atoms with E-state index < -0.39 is 0 Å². The molecule has 2 rings (SSSR count). The number of carbonyl (C=O) groups excluding carboxylic acids is 1. The second-order valence-corrected chi connectivity index (χ2v) is 4.89. The molecule has 1 aliphatic rings. The van der Waals surface area contributed by atoms with E-state index in [1.807, 2.05) is 6.07 Å². The molecule has 1 aromatic rings. The average Bonchev–Trinajstić information content (AvgIpc) is 2.39. The monoisotopic (exact) mass is 263 g/mol. The third-order valence-electron chi connectivity index (χ3n) is 3.46. The van der Waals surface area contributed by atoms with Gasteiger partial charge in [0.2, 0.25) is 5.91 Å². The number of hydrogen-bond donors (Lipinski definition) is 1. The van der Waals surface area contributed by atoms with Gasteiger partial charge < -0.3 is 10.1 Å². The van der Waals surface area contributed by atoms with Crippen molar-refractivity contribution in [1.29, 1.82) is 0 Å². The number of halogens is 1. The Morgan fingerprint density at radius 3 is 2.84 bits per heavy atom. The van der Waals surface area contributed by atoms with Crippen LogP contribution < -0.4 is 5.32 Å². The van der Waals surface area contributed by atoms with Crippen molar-refractivity contribution in [2.75, 3.05) is 13.2 Å². The highest BCUT2D eigenvalue weighted by Crippen LogP contribution is 2.25. The summed E-state index contributed by atoms with van der Waals surface area (Å²) in [6.45, 7) is 4.68. The fourth-order valence-electron chi connectivity index (χ4n) is 2.46. The molecule has 4 heteroatoms. The van der Waals surface area contributed by atoms with E-state index in [1.54, 1.807) is 6.07 Å². The van der Waals surface area contributed by atoms with Gasteiger partial charge >= 0.3 is 0 Å². The molecule has 19 heavy (non-hydrogen) atoms. The van der Waals surface area contributed by atoms with Gasteiger partial charge in [0.15, 0.2) is 0 Å². The summed E-state index contributed by atoms with van der Waals surface area (Å²) in [7, 11) is 0. The van der Waals surface area contributed by atoms with Gasteiger partial charge in [-0.05, 0) is 43.0 Å². The van der Waals surface area contributed by atoms with Crippen LogP contribution in [0.3, 0.4) is 0 Å². The van der Waals surface area contributed by atoms with Crippen molar-refractivity contribution in [1.82, 2.24) is 5.32 Å². The summed E-state index contributed by atoms with van der Waals surface area (Å²) in [6, 6.07) is 6.49. The highest BCUT2D eigenvalue weighted by Gasteiger charge is 2.33. The number of carbonyl (C=O) groups is 1. The lowest BCUT2D eigenvalue weighted by molar-refractivity contribution is -0.119. The van der Waals surface area contributed by atoms with Crippen LogP contribution in [-0.2, 0) is 16.0 Å². The number of nitrogens with one attached hydrogen (secondary N) is 1. The Morgan fingerprint density at radius 2 is 2.21 bits per heavy atom. The van der Waals surface area contributed by atoms with Gasteiger partial charge in [0.25, 0.3) is 0 Å². The lowest BCUT2D eigenvalue weighted by Crippen LogP contribution is -2.53. The molecule has 3 nitrogen and oxygen atoms in total. The number of rotatable bonds is 4. The first-order valence-electron chi connectivity index (χ1n) is 6.40. The summed E-state index contributed by atoms with van der Waals surface area (Å²) in [6.07, 6.45) is 3.32. The van der Waals surface area contributed by atoms with Gasteiger partial charge in [-0.25, -0.2) is 4.39 Å². The molecule has 0 radical (unpaired) electrons. The summed E-state index contributed by atoms with van der Waals surface area (Å²) in [5, 5.41) is 2.99. The number of benzene rings is 1. The summed E-state index contributed by atoms with van der Waals surface area (Å²) < 4.78 is 18.6. The van der Waals surface area contributed by atoms with Gasteiger partial charge in [0.05, 0.1) is 0 Å². The van der Waals surface area contributed by atoms with Gasteiger partial charge in [-0.1, -0.05) is 18.7 Å². The minimum absolute atomic E-state index is 0.196. The smallest absolute Gasteiger partial charge is 0.243 e. The van der Waals surface area contributed by atoms with E-state index in [0.29, 0.717) is 19.6 Å². The van der Waals surface area contributed by atoms with Crippen molar-refractivity contribution < 1.29 is 13.9 Å². The van der Waals surface area contributed by atoms with Crippen molar-refractivity contribution >= 4 is 5.91 Å². The summed E-state index contributed by atoms with van der Waals surface area (Å²) in [4.78, 5) is 11.6. The van der Waals surface area contributed by atoms with Gasteiger partial charge in [-0.3, -0.25) is 4.79 Å². The molecule has 1 amide bonds. The molecule has 1 N–H and O–H groups in total. The quantitative estimate of drug-likeness (QED) is 0.846. The molecule has 1 saturated heterocycles. The van der Waals surface area contributed by atoms with E-state index in [1.165, 1.54) is 18.2 Å². The molecule has 1 fully saturated rings. The van der Waals surface area contributed by atoms with Gasteiger partial charge in [0.1, 0.15) is 5.82 Å². The van der Waals surface area contributed by atoms with Crippen molar-refractivity contribution in [2.45, 2.75) is 24.8 Å². The Kier molecular flexibility index (Phi) is 4.32. The number of amides is 1. The molecule has 0 unspecified atom stereocenters. The zero-order valence-electron chi connectivity index (χ0n) is 10.8. The molecular formula is C15H18FNO2. The zero-order valence-corrected chi connectivity index (χ0v) is 10.8. The van der Waals surface area contributed by atoms with Crippen LogP contribution in [0.15, 0.2) is 36.9 Å². The topological polar surface area (TPSA) is 38.3 Å². The van der Waals surface area contributed by atoms with E-state index >= 15 is 0 Å². The van der Waals surface area contributed by atoms with Crippen LogP contribution in [0.1, 0.15) is 18.4 Å². The van der Waals surface area contributed by atoms with Crippen LogP contribution in [0.25, 0.3) is 0 Å². The van der Waals surface area contributed by atoms with Crippen LogP contribution in [0, 0.1) is 5.82 Å². The minimum Gasteiger partial charge on any atom is -0.381 e. The van der Waals surface area contributed by atoms with E-state index in [-0.39, 0.29) is 17.3 Å². The third kappa shape index (κ3) is 3.64. The highest BCUT2D eigenvalue weighted by molar-refractivity contribution is 5.87. The second-order valence-electron chi connectivity index (χ2n) is 4.89. The second kappa shape index (κ2) is 5.97. The van der Waals surface area contributed by atoms with E-state index in [0.717, 1.165) is 18.4 Å². The van der Waals surface area contributed by atoms with Gasteiger partial charge in [-0.2, -0.15) is 0 Å². The summed E-state index contributed by atoms with van der Waals surface area (Å²) in [5.74, 6) is -0.451. The average molecular weight is 263 g/mol. The molecule has 0 atom stereocenters. The highest BCUT2D eigenvalue weighted by atomic mass is 19.1. The molecule has 0 spiro atoms. The van der Waals surface area contributed by atoms with E-state index in [4.69, 9.17) is 4.74 Å². The Labute approximate surface area is 112 Å². The molecule has 1 aromatic carbocycles. The third-order valence-corrected chi connectivity index (χ3v) is 3.46. The van der Waals surface area contributed by atoms with Crippen molar-refractivity contribution in [3.63, 3.8) is 0 Å². The zero-order chi connectivity index (χ0) is 13.7. The normalized spacial score (nSPS) is 17.7. The standard InChI is InChI=1S/C15H18FNO2/c1-2-14(18)17-15(6-8-19-9-7-15)11-12-4-3-5-13(16)10-12/h2-5,10H,1,6-9,11H2,(H,17,18). The van der Waals surface area contributed by atoms with Crippen molar-refractivity contribution in [2.24, 2.45) is 0 Å². The summed E-state index contributed by atoms with van der Waals surface area (Å²) in [5.41, 5.74) is 0.517. The Balaban J connectivity index is 2.17. The predicted octanol–water partition coefficient (Wildman–Crippen LogP) is 2.22. The Hall–Kier alpha value is -1.68. The van der Waals surface area contributed by atoms with E-state index in [2.05, 4.69) is 11.9 Å². The molecule has 1 aliphatic heterocycles. The van der Waals surface area contributed by atoms with Crippen LogP contribution >= 0.6 is 0 Å². The lowest BCUT2D eigenvalue weighted by Gasteiger charge is -2.38. The van der Waals surface area contributed by atoms with E-state index in [9.17, 15) is 9.18 Å². The molecular weight excluding hydrogens is 245 g/mol. The summed E-state index contributed by atoms with van der Waals surface area (Å²) >= 11 is 0. The maximum absolute atomic E-state index is 13.2. The molecule has 102 valence electrons. The fourth-order valence-corrected chi connectivity index (χ4v) is 2.46. The Morgan fingerprint density at radius 1 is 1.47 bits per heavy atom. The molecule has 0 saturated carbocycles. The number of hydrogen-bond acceptors (Lipinski definition) is 2. The maximum Gasteiger partial charge on any atom is 0.243 e. The molecule has 0 bridgehead atoms. The van der Waals surface area contributed by atoms with Gasteiger partial charge in [-0.15, -0.1) is 0 Å².